The van der Waals surface area contributed by atoms with E-state index in [1.807, 2.05) is 25.1 Å². The van der Waals surface area contributed by atoms with E-state index in [0.717, 1.165) is 15.2 Å². The minimum absolute atomic E-state index is 0.101. The number of aromatic nitrogens is 1. The molecule has 4 rings (SSSR count). The fourth-order valence-corrected chi connectivity index (χ4v) is 4.16. The molecule has 2 heterocycles. The molecule has 0 spiro atoms. The third-order valence-electron chi connectivity index (χ3n) is 4.89. The third-order valence-corrected chi connectivity index (χ3v) is 5.83. The Bertz CT molecular complexity index is 1110. The lowest BCUT2D eigenvalue weighted by Crippen LogP contribution is -2.43. The fourth-order valence-electron chi connectivity index (χ4n) is 3.29. The zero-order valence-electron chi connectivity index (χ0n) is 17.3. The van der Waals surface area contributed by atoms with Crippen LogP contribution >= 0.6 is 11.3 Å². The molecule has 1 aromatic heterocycles. The van der Waals surface area contributed by atoms with Crippen LogP contribution in [0.15, 0.2) is 36.4 Å². The van der Waals surface area contributed by atoms with Gasteiger partial charge < -0.3 is 24.4 Å². The van der Waals surface area contributed by atoms with Crippen molar-refractivity contribution in [3.63, 3.8) is 0 Å². The Morgan fingerprint density at radius 2 is 1.97 bits per heavy atom. The number of carbonyl (C=O) groups excluding carboxylic acids is 2. The molecular weight excluding hydrogens is 418 g/mol. The summed E-state index contributed by atoms with van der Waals surface area (Å²) in [6.45, 7) is 4.04. The largest absolute Gasteiger partial charge is 0.493 e. The van der Waals surface area contributed by atoms with E-state index in [2.05, 4.69) is 10.3 Å². The number of hydrogen-bond donors (Lipinski definition) is 1. The highest BCUT2D eigenvalue weighted by molar-refractivity contribution is 7.18. The highest BCUT2D eigenvalue weighted by atomic mass is 32.1. The number of aryl methyl sites for hydroxylation is 1. The van der Waals surface area contributed by atoms with Crippen molar-refractivity contribution in [1.29, 1.82) is 0 Å². The van der Waals surface area contributed by atoms with Gasteiger partial charge in [-0.05, 0) is 43.3 Å². The average molecular weight is 442 g/mol. The second-order valence-electron chi connectivity index (χ2n) is 7.02. The number of thiazole rings is 1. The van der Waals surface area contributed by atoms with Crippen LogP contribution in [0.1, 0.15) is 15.4 Å². The summed E-state index contributed by atoms with van der Waals surface area (Å²) in [4.78, 5) is 31.1. The second-order valence-corrected chi connectivity index (χ2v) is 8.25. The molecule has 0 unspecified atom stereocenters. The summed E-state index contributed by atoms with van der Waals surface area (Å²) in [6, 6.07) is 10.5. The number of hydrogen-bond acceptors (Lipinski definition) is 7. The lowest BCUT2D eigenvalue weighted by Gasteiger charge is -2.26. The van der Waals surface area contributed by atoms with E-state index in [4.69, 9.17) is 14.2 Å². The zero-order chi connectivity index (χ0) is 21.8. The van der Waals surface area contributed by atoms with Gasteiger partial charge in [-0.25, -0.2) is 4.98 Å². The van der Waals surface area contributed by atoms with Gasteiger partial charge in [0.2, 0.25) is 0 Å². The van der Waals surface area contributed by atoms with Crippen molar-refractivity contribution in [1.82, 2.24) is 9.88 Å². The van der Waals surface area contributed by atoms with Gasteiger partial charge in [-0.3, -0.25) is 9.59 Å². The maximum Gasteiger partial charge on any atom is 0.260 e. The van der Waals surface area contributed by atoms with Crippen molar-refractivity contribution in [2.75, 3.05) is 45.3 Å². The summed E-state index contributed by atoms with van der Waals surface area (Å²) >= 11 is 1.58. The number of benzene rings is 2. The van der Waals surface area contributed by atoms with Crippen LogP contribution in [0.4, 0.5) is 5.69 Å². The van der Waals surface area contributed by atoms with Gasteiger partial charge in [-0.1, -0.05) is 0 Å². The van der Waals surface area contributed by atoms with E-state index in [-0.39, 0.29) is 18.4 Å². The number of methoxy groups -OCH3 is 1. The Morgan fingerprint density at radius 3 is 2.74 bits per heavy atom. The number of rotatable bonds is 6. The normalized spacial score (nSPS) is 13.8. The van der Waals surface area contributed by atoms with Crippen LogP contribution in [0, 0.1) is 6.92 Å². The molecule has 2 amide bonds. The highest BCUT2D eigenvalue weighted by Gasteiger charge is 2.18. The molecule has 9 heteroatoms. The predicted octanol–water partition coefficient (Wildman–Crippen LogP) is 3.10. The quantitative estimate of drug-likeness (QED) is 0.632. The molecule has 0 bridgehead atoms. The molecule has 0 saturated carbocycles. The van der Waals surface area contributed by atoms with Crippen LogP contribution in [-0.2, 0) is 9.53 Å². The molecule has 1 N–H and O–H groups in total. The summed E-state index contributed by atoms with van der Waals surface area (Å²) in [6.07, 6.45) is 0. The lowest BCUT2D eigenvalue weighted by atomic mass is 10.1. The first-order valence-electron chi connectivity index (χ1n) is 9.88. The SMILES string of the molecule is COc1cc(C(=O)Nc2ccc3nc(C)sc3c2)ccc1OCC(=O)N1CCOCC1. The van der Waals surface area contributed by atoms with Gasteiger partial charge in [0, 0.05) is 24.3 Å². The number of ether oxygens (including phenoxy) is 3. The molecule has 1 aliphatic heterocycles. The number of fused-ring (bicyclic) bond motifs is 1. The van der Waals surface area contributed by atoms with Gasteiger partial charge in [0.05, 0.1) is 35.5 Å². The fraction of sp³-hybridized carbons (Fsp3) is 0.318. The molecule has 0 aliphatic carbocycles. The first-order valence-corrected chi connectivity index (χ1v) is 10.7. The number of amides is 2. The van der Waals surface area contributed by atoms with Crippen LogP contribution in [0.5, 0.6) is 11.5 Å². The monoisotopic (exact) mass is 441 g/mol. The molecule has 0 radical (unpaired) electrons. The number of carbonyl (C=O) groups is 2. The Morgan fingerprint density at radius 1 is 1.16 bits per heavy atom. The first-order chi connectivity index (χ1) is 15.0. The molecule has 1 saturated heterocycles. The van der Waals surface area contributed by atoms with Crippen LogP contribution in [0.2, 0.25) is 0 Å². The summed E-state index contributed by atoms with van der Waals surface area (Å²) in [5, 5.41) is 3.87. The summed E-state index contributed by atoms with van der Waals surface area (Å²) in [5.74, 6) is 0.411. The molecule has 1 fully saturated rings. The van der Waals surface area contributed by atoms with Gasteiger partial charge in [0.1, 0.15) is 0 Å². The van der Waals surface area contributed by atoms with E-state index >= 15 is 0 Å². The number of nitrogens with one attached hydrogen (secondary N) is 1. The van der Waals surface area contributed by atoms with Crippen LogP contribution in [0.3, 0.4) is 0 Å². The predicted molar refractivity (Wildman–Crippen MR) is 118 cm³/mol. The van der Waals surface area contributed by atoms with Crippen LogP contribution < -0.4 is 14.8 Å². The lowest BCUT2D eigenvalue weighted by molar-refractivity contribution is -0.137. The van der Waals surface area contributed by atoms with Crippen molar-refractivity contribution >= 4 is 39.1 Å². The van der Waals surface area contributed by atoms with Crippen molar-refractivity contribution in [3.05, 3.63) is 47.0 Å². The Labute approximate surface area is 183 Å². The van der Waals surface area contributed by atoms with Gasteiger partial charge >= 0.3 is 0 Å². The second kappa shape index (κ2) is 9.32. The van der Waals surface area contributed by atoms with Crippen LogP contribution in [-0.4, -0.2) is 61.7 Å². The average Bonchev–Trinajstić information content (AvgIpc) is 3.17. The molecule has 8 nitrogen and oxygen atoms in total. The molecule has 31 heavy (non-hydrogen) atoms. The van der Waals surface area contributed by atoms with Crippen LogP contribution in [0.25, 0.3) is 10.2 Å². The molecule has 3 aromatic rings. The Balaban J connectivity index is 1.42. The smallest absolute Gasteiger partial charge is 0.260 e. The summed E-state index contributed by atoms with van der Waals surface area (Å²) < 4.78 is 17.3. The molecular formula is C22H23N3O5S. The van der Waals surface area contributed by atoms with E-state index < -0.39 is 0 Å². The topological polar surface area (TPSA) is 90.0 Å². The maximum atomic E-state index is 12.7. The first kappa shape index (κ1) is 21.1. The van der Waals surface area contributed by atoms with Gasteiger partial charge in [-0.2, -0.15) is 0 Å². The molecule has 0 atom stereocenters. The zero-order valence-corrected chi connectivity index (χ0v) is 18.2. The molecule has 1 aliphatic rings. The molecule has 2 aromatic carbocycles. The van der Waals surface area contributed by atoms with E-state index in [1.165, 1.54) is 7.11 Å². The van der Waals surface area contributed by atoms with Gasteiger partial charge in [-0.15, -0.1) is 11.3 Å². The third kappa shape index (κ3) is 4.95. The van der Waals surface area contributed by atoms with E-state index in [9.17, 15) is 9.59 Å². The Kier molecular flexibility index (Phi) is 6.34. The standard InChI is InChI=1S/C22H23N3O5S/c1-14-23-17-5-4-16(12-20(17)31-14)24-22(27)15-3-6-18(19(11-15)28-2)30-13-21(26)25-7-9-29-10-8-25/h3-6,11-12H,7-10,13H2,1-2H3,(H,24,27). The van der Waals surface area contributed by atoms with Crippen molar-refractivity contribution in [2.45, 2.75) is 6.92 Å². The van der Waals surface area contributed by atoms with Gasteiger partial charge in [0.15, 0.2) is 18.1 Å². The minimum Gasteiger partial charge on any atom is -0.493 e. The molecule has 162 valence electrons. The minimum atomic E-state index is -0.269. The number of nitrogens with zero attached hydrogens (tertiary/aromatic N) is 2. The Hall–Kier alpha value is -3.17. The van der Waals surface area contributed by atoms with Crippen molar-refractivity contribution in [3.8, 4) is 11.5 Å². The van der Waals surface area contributed by atoms with Crippen molar-refractivity contribution < 1.29 is 23.8 Å². The van der Waals surface area contributed by atoms with E-state index in [0.29, 0.717) is 49.1 Å². The number of morpholine rings is 1. The maximum absolute atomic E-state index is 12.7. The van der Waals surface area contributed by atoms with E-state index in [1.54, 1.807) is 34.4 Å². The summed E-state index contributed by atoms with van der Waals surface area (Å²) in [7, 11) is 1.49. The highest BCUT2D eigenvalue weighted by Crippen LogP contribution is 2.29. The van der Waals surface area contributed by atoms with Gasteiger partial charge in [0.25, 0.3) is 11.8 Å². The number of anilines is 1. The summed E-state index contributed by atoms with van der Waals surface area (Å²) in [5.41, 5.74) is 2.02. The van der Waals surface area contributed by atoms with Crippen molar-refractivity contribution in [2.24, 2.45) is 0 Å².